The maximum absolute atomic E-state index is 5.37. The summed E-state index contributed by atoms with van der Waals surface area (Å²) >= 11 is 1.66. The fraction of sp³-hybridized carbons (Fsp3) is 0.615. The van der Waals surface area contributed by atoms with Crippen LogP contribution in [0, 0.1) is 5.92 Å². The predicted octanol–water partition coefficient (Wildman–Crippen LogP) is 1.61. The van der Waals surface area contributed by atoms with E-state index >= 15 is 0 Å². The van der Waals surface area contributed by atoms with Crippen LogP contribution in [0.1, 0.15) is 6.42 Å². The lowest BCUT2D eigenvalue weighted by molar-refractivity contribution is 0.412. The Kier molecular flexibility index (Phi) is 3.35. The number of methoxy groups -OCH3 is 1. The van der Waals surface area contributed by atoms with Crippen molar-refractivity contribution in [2.24, 2.45) is 5.92 Å². The molecule has 0 saturated carbocycles. The Morgan fingerprint density at radius 1 is 1.44 bits per heavy atom. The summed E-state index contributed by atoms with van der Waals surface area (Å²) in [6.45, 7) is 3.35. The third kappa shape index (κ3) is 2.06. The monoisotopic (exact) mass is 265 g/mol. The largest absolute Gasteiger partial charge is 0.497 e. The van der Waals surface area contributed by atoms with E-state index in [1.165, 1.54) is 6.42 Å². The second kappa shape index (κ2) is 4.97. The van der Waals surface area contributed by atoms with Crippen LogP contribution in [0.3, 0.4) is 0 Å². The SMILES string of the molecule is COc1cc(SC)nc(N2CC[C@H]3CNC[C@H]32)c1. The Labute approximate surface area is 112 Å². The van der Waals surface area contributed by atoms with Crippen molar-refractivity contribution in [1.29, 1.82) is 0 Å². The lowest BCUT2D eigenvalue weighted by Gasteiger charge is -2.25. The molecule has 1 N–H and O–H groups in total. The zero-order chi connectivity index (χ0) is 12.5. The number of ether oxygens (including phenoxy) is 1. The molecule has 1 aromatic rings. The highest BCUT2D eigenvalue weighted by Gasteiger charge is 2.38. The van der Waals surface area contributed by atoms with Crippen molar-refractivity contribution >= 4 is 17.6 Å². The summed E-state index contributed by atoms with van der Waals surface area (Å²) < 4.78 is 5.37. The lowest BCUT2D eigenvalue weighted by Crippen LogP contribution is -2.34. The van der Waals surface area contributed by atoms with Gasteiger partial charge in [-0.25, -0.2) is 4.98 Å². The Balaban J connectivity index is 1.91. The summed E-state index contributed by atoms with van der Waals surface area (Å²) in [6.07, 6.45) is 3.32. The topological polar surface area (TPSA) is 37.4 Å². The number of rotatable bonds is 3. The van der Waals surface area contributed by atoms with E-state index in [0.29, 0.717) is 6.04 Å². The zero-order valence-electron chi connectivity index (χ0n) is 10.8. The van der Waals surface area contributed by atoms with Crippen LogP contribution in [0.15, 0.2) is 17.2 Å². The quantitative estimate of drug-likeness (QED) is 0.841. The fourth-order valence-electron chi connectivity index (χ4n) is 2.97. The number of anilines is 1. The summed E-state index contributed by atoms with van der Waals surface area (Å²) in [5.74, 6) is 2.75. The first-order valence-electron chi connectivity index (χ1n) is 6.39. The van der Waals surface area contributed by atoms with E-state index in [4.69, 9.17) is 9.72 Å². The average molecular weight is 265 g/mol. The normalized spacial score (nSPS) is 26.4. The van der Waals surface area contributed by atoms with Crippen LogP contribution < -0.4 is 15.0 Å². The van der Waals surface area contributed by atoms with Crippen LogP contribution in [-0.2, 0) is 0 Å². The molecule has 98 valence electrons. The maximum atomic E-state index is 5.37. The number of aromatic nitrogens is 1. The van der Waals surface area contributed by atoms with Crippen LogP contribution in [-0.4, -0.2) is 44.0 Å². The van der Waals surface area contributed by atoms with Gasteiger partial charge < -0.3 is 15.0 Å². The molecule has 3 heterocycles. The van der Waals surface area contributed by atoms with E-state index in [2.05, 4.69) is 22.5 Å². The Bertz CT molecular complexity index is 418. The summed E-state index contributed by atoms with van der Waals surface area (Å²) in [5, 5.41) is 4.50. The average Bonchev–Trinajstić information content (AvgIpc) is 3.00. The molecular formula is C13H19N3OS. The number of thioether (sulfide) groups is 1. The van der Waals surface area contributed by atoms with Gasteiger partial charge in [0.2, 0.25) is 0 Å². The molecule has 0 radical (unpaired) electrons. The van der Waals surface area contributed by atoms with Gasteiger partial charge in [-0.2, -0.15) is 0 Å². The molecule has 0 bridgehead atoms. The van der Waals surface area contributed by atoms with Crippen LogP contribution >= 0.6 is 11.8 Å². The first-order chi connectivity index (χ1) is 8.81. The van der Waals surface area contributed by atoms with Gasteiger partial charge in [0.25, 0.3) is 0 Å². The van der Waals surface area contributed by atoms with Gasteiger partial charge in [-0.1, -0.05) is 0 Å². The molecule has 4 nitrogen and oxygen atoms in total. The molecule has 2 aliphatic heterocycles. The van der Waals surface area contributed by atoms with Gasteiger partial charge in [-0.05, 0) is 18.6 Å². The second-order valence-corrected chi connectivity index (χ2v) is 5.70. The Morgan fingerprint density at radius 3 is 3.11 bits per heavy atom. The smallest absolute Gasteiger partial charge is 0.133 e. The first kappa shape index (κ1) is 12.1. The molecule has 3 rings (SSSR count). The number of hydrogen-bond acceptors (Lipinski definition) is 5. The molecule has 2 aliphatic rings. The minimum Gasteiger partial charge on any atom is -0.497 e. The lowest BCUT2D eigenvalue weighted by atomic mass is 10.1. The van der Waals surface area contributed by atoms with Crippen molar-refractivity contribution < 1.29 is 4.74 Å². The van der Waals surface area contributed by atoms with Gasteiger partial charge in [0.1, 0.15) is 16.6 Å². The minimum atomic E-state index is 0.610. The van der Waals surface area contributed by atoms with Crippen LogP contribution in [0.4, 0.5) is 5.82 Å². The third-order valence-electron chi connectivity index (χ3n) is 3.95. The highest BCUT2D eigenvalue weighted by Crippen LogP contribution is 2.33. The molecule has 2 saturated heterocycles. The molecule has 1 aromatic heterocycles. The highest BCUT2D eigenvalue weighted by molar-refractivity contribution is 7.98. The molecule has 2 atom stereocenters. The predicted molar refractivity (Wildman–Crippen MR) is 74.7 cm³/mol. The summed E-state index contributed by atoms with van der Waals surface area (Å²) in [4.78, 5) is 7.16. The van der Waals surface area contributed by atoms with Crippen molar-refractivity contribution in [3.63, 3.8) is 0 Å². The van der Waals surface area contributed by atoms with Crippen molar-refractivity contribution in [3.05, 3.63) is 12.1 Å². The number of pyridine rings is 1. The third-order valence-corrected chi connectivity index (χ3v) is 4.57. The number of nitrogens with zero attached hydrogens (tertiary/aromatic N) is 2. The van der Waals surface area contributed by atoms with Gasteiger partial charge in [0.15, 0.2) is 0 Å². The van der Waals surface area contributed by atoms with Crippen molar-refractivity contribution in [1.82, 2.24) is 10.3 Å². The molecule has 0 amide bonds. The van der Waals surface area contributed by atoms with Gasteiger partial charge in [-0.15, -0.1) is 11.8 Å². The van der Waals surface area contributed by atoms with Gasteiger partial charge >= 0.3 is 0 Å². The number of nitrogens with one attached hydrogen (secondary N) is 1. The highest BCUT2D eigenvalue weighted by atomic mass is 32.2. The minimum absolute atomic E-state index is 0.610. The molecule has 2 fully saturated rings. The van der Waals surface area contributed by atoms with Crippen molar-refractivity contribution in [2.75, 3.05) is 37.9 Å². The van der Waals surface area contributed by atoms with Gasteiger partial charge in [0, 0.05) is 37.8 Å². The first-order valence-corrected chi connectivity index (χ1v) is 7.61. The zero-order valence-corrected chi connectivity index (χ0v) is 11.7. The molecule has 0 aromatic carbocycles. The van der Waals surface area contributed by atoms with Crippen LogP contribution in [0.5, 0.6) is 5.75 Å². The van der Waals surface area contributed by atoms with E-state index in [1.807, 2.05) is 6.07 Å². The van der Waals surface area contributed by atoms with Crippen molar-refractivity contribution in [3.8, 4) is 5.75 Å². The summed E-state index contributed by atoms with van der Waals surface area (Å²) in [5.41, 5.74) is 0. The van der Waals surface area contributed by atoms with E-state index in [-0.39, 0.29) is 0 Å². The molecule has 0 aliphatic carbocycles. The Hall–Kier alpha value is -0.940. The number of hydrogen-bond donors (Lipinski definition) is 1. The van der Waals surface area contributed by atoms with Crippen LogP contribution in [0.2, 0.25) is 0 Å². The summed E-state index contributed by atoms with van der Waals surface area (Å²) in [7, 11) is 1.72. The van der Waals surface area contributed by atoms with E-state index in [0.717, 1.165) is 42.1 Å². The summed E-state index contributed by atoms with van der Waals surface area (Å²) in [6, 6.07) is 4.66. The van der Waals surface area contributed by atoms with E-state index in [9.17, 15) is 0 Å². The molecule has 0 unspecified atom stereocenters. The molecule has 0 spiro atoms. The molecule has 5 heteroatoms. The molecular weight excluding hydrogens is 246 g/mol. The van der Waals surface area contributed by atoms with E-state index < -0.39 is 0 Å². The van der Waals surface area contributed by atoms with E-state index in [1.54, 1.807) is 18.9 Å². The standard InChI is InChI=1S/C13H19N3OS/c1-17-10-5-12(15-13(6-10)18-2)16-4-3-9-7-14-8-11(9)16/h5-6,9,11,14H,3-4,7-8H2,1-2H3/t9-,11+/m0/s1. The van der Waals surface area contributed by atoms with Gasteiger partial charge in [0.05, 0.1) is 7.11 Å². The van der Waals surface area contributed by atoms with Crippen molar-refractivity contribution in [2.45, 2.75) is 17.5 Å². The maximum Gasteiger partial charge on any atom is 0.133 e. The molecule has 18 heavy (non-hydrogen) atoms. The number of fused-ring (bicyclic) bond motifs is 1. The fourth-order valence-corrected chi connectivity index (χ4v) is 3.39. The van der Waals surface area contributed by atoms with Crippen LogP contribution in [0.25, 0.3) is 0 Å². The van der Waals surface area contributed by atoms with Gasteiger partial charge in [-0.3, -0.25) is 0 Å². The Morgan fingerprint density at radius 2 is 2.33 bits per heavy atom. The second-order valence-electron chi connectivity index (χ2n) is 4.88.